The van der Waals surface area contributed by atoms with Crippen LogP contribution in [0.1, 0.15) is 15.9 Å². The van der Waals surface area contributed by atoms with Crippen molar-refractivity contribution in [3.8, 4) is 11.5 Å². The molecule has 2 aromatic rings. The maximum Gasteiger partial charge on any atom is 0.271 e. The molecule has 102 valence electrons. The van der Waals surface area contributed by atoms with Crippen LogP contribution in [0.25, 0.3) is 0 Å². The first-order chi connectivity index (χ1) is 9.40. The zero-order valence-electron chi connectivity index (χ0n) is 9.91. The average molecular weight is 294 g/mol. The van der Waals surface area contributed by atoms with Gasteiger partial charge in [0.2, 0.25) is 0 Å². The summed E-state index contributed by atoms with van der Waals surface area (Å²) in [5, 5.41) is 29.8. The molecule has 0 spiro atoms. The van der Waals surface area contributed by atoms with Crippen molar-refractivity contribution in [3.63, 3.8) is 0 Å². The number of nitrogens with zero attached hydrogens (tertiary/aromatic N) is 1. The van der Waals surface area contributed by atoms with Gasteiger partial charge in [0.05, 0.1) is 10.5 Å². The van der Waals surface area contributed by atoms with E-state index in [1.807, 2.05) is 0 Å². The Kier molecular flexibility index (Phi) is 3.58. The lowest BCUT2D eigenvalue weighted by molar-refractivity contribution is -0.384. The predicted octanol–water partition coefficient (Wildman–Crippen LogP) is 2.89. The molecule has 0 saturated heterocycles. The number of nitro groups is 1. The van der Waals surface area contributed by atoms with E-state index in [0.29, 0.717) is 0 Å². The molecule has 0 aliphatic rings. The highest BCUT2D eigenvalue weighted by molar-refractivity contribution is 6.31. The molecule has 2 rings (SSSR count). The summed E-state index contributed by atoms with van der Waals surface area (Å²) in [6.07, 6.45) is 0. The Hall–Kier alpha value is -2.60. The van der Waals surface area contributed by atoms with Gasteiger partial charge in [-0.3, -0.25) is 14.9 Å². The fraction of sp³-hybridized carbons (Fsp3) is 0. The molecule has 0 atom stereocenters. The summed E-state index contributed by atoms with van der Waals surface area (Å²) in [5.74, 6) is -1.71. The number of para-hydroxylation sites is 1. The molecule has 0 unspecified atom stereocenters. The van der Waals surface area contributed by atoms with Crippen LogP contribution in [-0.4, -0.2) is 20.9 Å². The van der Waals surface area contributed by atoms with Crippen molar-refractivity contribution < 1.29 is 19.9 Å². The number of phenolic OH excluding ortho intramolecular Hbond substituents is 2. The maximum absolute atomic E-state index is 12.2. The molecule has 0 heterocycles. The Morgan fingerprint density at radius 2 is 1.90 bits per heavy atom. The van der Waals surface area contributed by atoms with Gasteiger partial charge in [-0.25, -0.2) is 0 Å². The van der Waals surface area contributed by atoms with Gasteiger partial charge in [0.15, 0.2) is 17.3 Å². The van der Waals surface area contributed by atoms with Crippen molar-refractivity contribution in [2.24, 2.45) is 0 Å². The average Bonchev–Trinajstić information content (AvgIpc) is 2.40. The Morgan fingerprint density at radius 1 is 1.20 bits per heavy atom. The van der Waals surface area contributed by atoms with Crippen LogP contribution >= 0.6 is 11.6 Å². The van der Waals surface area contributed by atoms with E-state index in [-0.39, 0.29) is 21.8 Å². The standard InChI is InChI=1S/C13H8ClNO5/c14-8-4-7(5-9(6-8)15(19)20)12(17)10-2-1-3-11(16)13(10)18/h1-6,16,18H. The van der Waals surface area contributed by atoms with Gasteiger partial charge >= 0.3 is 0 Å². The van der Waals surface area contributed by atoms with E-state index in [1.165, 1.54) is 24.3 Å². The van der Waals surface area contributed by atoms with Crippen LogP contribution in [0.3, 0.4) is 0 Å². The Balaban J connectivity index is 2.54. The van der Waals surface area contributed by atoms with Crippen molar-refractivity contribution in [2.45, 2.75) is 0 Å². The third-order valence-corrected chi connectivity index (χ3v) is 2.83. The monoisotopic (exact) mass is 293 g/mol. The summed E-state index contributed by atoms with van der Waals surface area (Å²) >= 11 is 5.73. The number of carbonyl (C=O) groups excluding carboxylic acids is 1. The number of aromatic hydroxyl groups is 2. The van der Waals surface area contributed by atoms with Gasteiger partial charge in [-0.2, -0.15) is 0 Å². The van der Waals surface area contributed by atoms with Crippen molar-refractivity contribution in [1.29, 1.82) is 0 Å². The molecule has 0 fully saturated rings. The number of rotatable bonds is 3. The van der Waals surface area contributed by atoms with Gasteiger partial charge in [0.1, 0.15) is 0 Å². The largest absolute Gasteiger partial charge is 0.504 e. The molecular formula is C13H8ClNO5. The van der Waals surface area contributed by atoms with Crippen molar-refractivity contribution in [2.75, 3.05) is 0 Å². The molecule has 0 amide bonds. The minimum absolute atomic E-state index is 0.0298. The summed E-state index contributed by atoms with van der Waals surface area (Å²) in [6, 6.07) is 7.30. The van der Waals surface area contributed by atoms with Crippen LogP contribution in [0.2, 0.25) is 5.02 Å². The van der Waals surface area contributed by atoms with E-state index in [0.717, 1.165) is 12.1 Å². The van der Waals surface area contributed by atoms with Gasteiger partial charge in [0.25, 0.3) is 5.69 Å². The van der Waals surface area contributed by atoms with Crippen LogP contribution in [0, 0.1) is 10.1 Å². The van der Waals surface area contributed by atoms with Gasteiger partial charge in [-0.1, -0.05) is 17.7 Å². The third kappa shape index (κ3) is 2.55. The number of phenols is 2. The molecule has 0 aliphatic carbocycles. The highest BCUT2D eigenvalue weighted by Crippen LogP contribution is 2.31. The molecule has 2 N–H and O–H groups in total. The maximum atomic E-state index is 12.2. The molecule has 0 aromatic heterocycles. The first-order valence-corrected chi connectivity index (χ1v) is 5.78. The number of hydrogen-bond acceptors (Lipinski definition) is 5. The van der Waals surface area contributed by atoms with Crippen LogP contribution < -0.4 is 0 Å². The van der Waals surface area contributed by atoms with Crippen LogP contribution in [-0.2, 0) is 0 Å². The summed E-state index contributed by atoms with van der Waals surface area (Å²) in [5.41, 5.74) is -0.549. The summed E-state index contributed by atoms with van der Waals surface area (Å²) in [7, 11) is 0. The quantitative estimate of drug-likeness (QED) is 0.392. The summed E-state index contributed by atoms with van der Waals surface area (Å²) < 4.78 is 0. The van der Waals surface area contributed by atoms with E-state index >= 15 is 0 Å². The molecule has 6 nitrogen and oxygen atoms in total. The lowest BCUT2D eigenvalue weighted by atomic mass is 10.0. The number of non-ortho nitro benzene ring substituents is 1. The Morgan fingerprint density at radius 3 is 2.55 bits per heavy atom. The molecule has 20 heavy (non-hydrogen) atoms. The summed E-state index contributed by atoms with van der Waals surface area (Å²) in [4.78, 5) is 22.3. The molecule has 2 aromatic carbocycles. The smallest absolute Gasteiger partial charge is 0.271 e. The highest BCUT2D eigenvalue weighted by Gasteiger charge is 2.19. The fourth-order valence-electron chi connectivity index (χ4n) is 1.68. The van der Waals surface area contributed by atoms with Crippen molar-refractivity contribution in [1.82, 2.24) is 0 Å². The molecular weight excluding hydrogens is 286 g/mol. The second kappa shape index (κ2) is 5.18. The summed E-state index contributed by atoms with van der Waals surface area (Å²) in [6.45, 7) is 0. The zero-order valence-corrected chi connectivity index (χ0v) is 10.7. The highest BCUT2D eigenvalue weighted by atomic mass is 35.5. The first kappa shape index (κ1) is 13.8. The number of ketones is 1. The molecule has 7 heteroatoms. The van der Waals surface area contributed by atoms with Crippen molar-refractivity contribution in [3.05, 3.63) is 62.7 Å². The Bertz CT molecular complexity index is 714. The van der Waals surface area contributed by atoms with E-state index in [1.54, 1.807) is 0 Å². The number of carbonyl (C=O) groups is 1. The SMILES string of the molecule is O=C(c1cc(Cl)cc([N+](=O)[O-])c1)c1cccc(O)c1O. The van der Waals surface area contributed by atoms with Gasteiger partial charge in [-0.05, 0) is 18.2 Å². The minimum atomic E-state index is -0.677. The second-order valence-electron chi connectivity index (χ2n) is 3.96. The number of nitro benzene ring substituents is 1. The van der Waals surface area contributed by atoms with Crippen LogP contribution in [0.15, 0.2) is 36.4 Å². The predicted molar refractivity (Wildman–Crippen MR) is 71.3 cm³/mol. The lowest BCUT2D eigenvalue weighted by Crippen LogP contribution is -2.03. The molecule has 0 aliphatic heterocycles. The van der Waals surface area contributed by atoms with Gasteiger partial charge < -0.3 is 10.2 Å². The molecule has 0 radical (unpaired) electrons. The van der Waals surface area contributed by atoms with Crippen LogP contribution in [0.4, 0.5) is 5.69 Å². The van der Waals surface area contributed by atoms with Crippen molar-refractivity contribution >= 4 is 23.1 Å². The van der Waals surface area contributed by atoms with E-state index in [2.05, 4.69) is 0 Å². The molecule has 0 bridgehead atoms. The van der Waals surface area contributed by atoms with E-state index in [4.69, 9.17) is 11.6 Å². The number of hydrogen-bond donors (Lipinski definition) is 2. The minimum Gasteiger partial charge on any atom is -0.504 e. The topological polar surface area (TPSA) is 101 Å². The second-order valence-corrected chi connectivity index (χ2v) is 4.39. The normalized spacial score (nSPS) is 10.2. The molecule has 0 saturated carbocycles. The third-order valence-electron chi connectivity index (χ3n) is 2.61. The van der Waals surface area contributed by atoms with Crippen LogP contribution in [0.5, 0.6) is 11.5 Å². The zero-order chi connectivity index (χ0) is 14.9. The number of halogens is 1. The van der Waals surface area contributed by atoms with Gasteiger partial charge in [-0.15, -0.1) is 0 Å². The van der Waals surface area contributed by atoms with E-state index < -0.39 is 22.2 Å². The Labute approximate surface area is 118 Å². The van der Waals surface area contributed by atoms with Gasteiger partial charge in [0, 0.05) is 22.7 Å². The fourth-order valence-corrected chi connectivity index (χ4v) is 1.91. The number of benzene rings is 2. The first-order valence-electron chi connectivity index (χ1n) is 5.41. The van der Waals surface area contributed by atoms with E-state index in [9.17, 15) is 25.1 Å². The lowest BCUT2D eigenvalue weighted by Gasteiger charge is -2.05.